The summed E-state index contributed by atoms with van der Waals surface area (Å²) in [7, 11) is 1.36. The van der Waals surface area contributed by atoms with Gasteiger partial charge in [-0.3, -0.25) is 9.59 Å². The van der Waals surface area contributed by atoms with E-state index in [0.717, 1.165) is 29.5 Å². The molecule has 1 aliphatic carbocycles. The van der Waals surface area contributed by atoms with E-state index in [-0.39, 0.29) is 23.4 Å². The number of thiophene rings is 1. The van der Waals surface area contributed by atoms with Crippen molar-refractivity contribution in [1.82, 2.24) is 15.0 Å². The number of carbonyl (C=O) groups is 1. The number of ether oxygens (including phenoxy) is 1. The molecule has 0 fully saturated rings. The van der Waals surface area contributed by atoms with E-state index in [1.54, 1.807) is 11.3 Å². The van der Waals surface area contributed by atoms with Crippen LogP contribution in [0.15, 0.2) is 4.79 Å². The molecule has 1 atom stereocenters. The van der Waals surface area contributed by atoms with Gasteiger partial charge in [-0.05, 0) is 42.6 Å². The first-order valence-corrected chi connectivity index (χ1v) is 9.57. The minimum absolute atomic E-state index is 0.0819. The predicted molar refractivity (Wildman–Crippen MR) is 97.9 cm³/mol. The van der Waals surface area contributed by atoms with E-state index >= 15 is 0 Å². The van der Waals surface area contributed by atoms with Crippen LogP contribution in [0.25, 0.3) is 10.2 Å². The van der Waals surface area contributed by atoms with Crippen molar-refractivity contribution in [3.63, 3.8) is 0 Å². The minimum atomic E-state index is -0.275. The molecule has 0 amide bonds. The Labute approximate surface area is 151 Å². The zero-order chi connectivity index (χ0) is 18.2. The Hall–Kier alpha value is -1.76. The first-order valence-electron chi connectivity index (χ1n) is 8.76. The Kier molecular flexibility index (Phi) is 4.95. The van der Waals surface area contributed by atoms with E-state index < -0.39 is 0 Å². The highest BCUT2D eigenvalue weighted by atomic mass is 32.1. The van der Waals surface area contributed by atoms with Gasteiger partial charge in [-0.2, -0.15) is 0 Å². The number of hydrogen-bond donors (Lipinski definition) is 0. The van der Waals surface area contributed by atoms with Crippen molar-refractivity contribution >= 4 is 27.5 Å². The van der Waals surface area contributed by atoms with Gasteiger partial charge >= 0.3 is 5.97 Å². The summed E-state index contributed by atoms with van der Waals surface area (Å²) < 4.78 is 6.01. The average Bonchev–Trinajstić information content (AvgIpc) is 2.94. The molecule has 25 heavy (non-hydrogen) atoms. The molecule has 2 aromatic rings. The molecule has 136 valence electrons. The molecule has 0 radical (unpaired) electrons. The van der Waals surface area contributed by atoms with Gasteiger partial charge in [-0.1, -0.05) is 26.0 Å². The van der Waals surface area contributed by atoms with E-state index in [4.69, 9.17) is 0 Å². The summed E-state index contributed by atoms with van der Waals surface area (Å²) in [5, 5.41) is 9.06. The van der Waals surface area contributed by atoms with Crippen LogP contribution in [0.4, 0.5) is 0 Å². The van der Waals surface area contributed by atoms with Crippen LogP contribution in [0.1, 0.15) is 50.5 Å². The lowest BCUT2D eigenvalue weighted by Gasteiger charge is -2.33. The molecule has 2 heterocycles. The number of esters is 1. The lowest BCUT2D eigenvalue weighted by Crippen LogP contribution is -2.28. The summed E-state index contributed by atoms with van der Waals surface area (Å²) in [6.45, 7) is 7.23. The summed E-state index contributed by atoms with van der Waals surface area (Å²) in [4.78, 5) is 26.1. The van der Waals surface area contributed by atoms with Crippen LogP contribution in [-0.2, 0) is 28.9 Å². The largest absolute Gasteiger partial charge is 0.469 e. The van der Waals surface area contributed by atoms with E-state index in [0.29, 0.717) is 18.9 Å². The topological polar surface area (TPSA) is 74.1 Å². The first-order chi connectivity index (χ1) is 11.8. The summed E-state index contributed by atoms with van der Waals surface area (Å²) in [5.74, 6) is 0.353. The minimum Gasteiger partial charge on any atom is -0.469 e. The van der Waals surface area contributed by atoms with Gasteiger partial charge in [0.2, 0.25) is 0 Å². The van der Waals surface area contributed by atoms with Crippen molar-refractivity contribution in [2.75, 3.05) is 7.11 Å². The van der Waals surface area contributed by atoms with Crippen molar-refractivity contribution in [2.24, 2.45) is 11.3 Å². The molecule has 0 aromatic carbocycles. The van der Waals surface area contributed by atoms with Crippen molar-refractivity contribution in [2.45, 2.75) is 59.4 Å². The number of aryl methyl sites for hydroxylation is 2. The number of fused-ring (bicyclic) bond motifs is 3. The summed E-state index contributed by atoms with van der Waals surface area (Å²) in [5.41, 5.74) is 1.36. The Morgan fingerprint density at radius 2 is 2.16 bits per heavy atom. The van der Waals surface area contributed by atoms with Gasteiger partial charge in [-0.15, -0.1) is 16.4 Å². The molecule has 3 rings (SSSR count). The standard InChI is InChI=1S/C18H25N3O3S/c1-18(2,3)11-7-8-12-13(10-11)25-16-15(12)17(23)21(20-19-16)9-5-6-14(22)24-4/h11H,5-10H2,1-4H3. The number of rotatable bonds is 4. The Morgan fingerprint density at radius 1 is 1.40 bits per heavy atom. The highest BCUT2D eigenvalue weighted by Gasteiger charge is 2.31. The molecule has 0 saturated heterocycles. The van der Waals surface area contributed by atoms with Crippen molar-refractivity contribution in [3.05, 3.63) is 20.8 Å². The van der Waals surface area contributed by atoms with E-state index in [1.807, 2.05) is 0 Å². The molecule has 7 heteroatoms. The van der Waals surface area contributed by atoms with Crippen LogP contribution in [0, 0.1) is 11.3 Å². The Bertz CT molecular complexity index is 848. The van der Waals surface area contributed by atoms with Gasteiger partial charge in [0, 0.05) is 17.8 Å². The van der Waals surface area contributed by atoms with Crippen molar-refractivity contribution in [3.8, 4) is 0 Å². The molecule has 0 bridgehead atoms. The van der Waals surface area contributed by atoms with Gasteiger partial charge in [0.15, 0.2) is 4.83 Å². The van der Waals surface area contributed by atoms with E-state index in [2.05, 4.69) is 35.8 Å². The van der Waals surface area contributed by atoms with Crippen LogP contribution >= 0.6 is 11.3 Å². The highest BCUT2D eigenvalue weighted by molar-refractivity contribution is 7.18. The summed E-state index contributed by atoms with van der Waals surface area (Å²) in [6.07, 6.45) is 3.84. The number of hydrogen-bond acceptors (Lipinski definition) is 6. The zero-order valence-corrected chi connectivity index (χ0v) is 16.1. The highest BCUT2D eigenvalue weighted by Crippen LogP contribution is 2.41. The SMILES string of the molecule is COC(=O)CCCn1nnc2sc3c(c2c1=O)CCC(C(C)(C)C)C3. The molecular formula is C18H25N3O3S. The fraction of sp³-hybridized carbons (Fsp3) is 0.667. The molecule has 0 N–H and O–H groups in total. The molecule has 2 aromatic heterocycles. The molecule has 0 saturated carbocycles. The lowest BCUT2D eigenvalue weighted by molar-refractivity contribution is -0.140. The van der Waals surface area contributed by atoms with E-state index in [1.165, 1.54) is 22.2 Å². The predicted octanol–water partition coefficient (Wildman–Crippen LogP) is 2.96. The monoisotopic (exact) mass is 363 g/mol. The third-order valence-corrected chi connectivity index (χ3v) is 6.28. The van der Waals surface area contributed by atoms with Gasteiger partial charge in [0.05, 0.1) is 12.5 Å². The smallest absolute Gasteiger partial charge is 0.305 e. The number of aromatic nitrogens is 3. The maximum absolute atomic E-state index is 12.8. The molecule has 6 nitrogen and oxygen atoms in total. The van der Waals surface area contributed by atoms with Gasteiger partial charge < -0.3 is 4.74 Å². The zero-order valence-electron chi connectivity index (χ0n) is 15.3. The van der Waals surface area contributed by atoms with Crippen molar-refractivity contribution < 1.29 is 9.53 Å². The van der Waals surface area contributed by atoms with E-state index in [9.17, 15) is 9.59 Å². The maximum atomic E-state index is 12.8. The number of methoxy groups -OCH3 is 1. The second kappa shape index (κ2) is 6.86. The van der Waals surface area contributed by atoms with Crippen LogP contribution in [0.5, 0.6) is 0 Å². The normalized spacial score (nSPS) is 17.5. The molecule has 1 unspecified atom stereocenters. The summed E-state index contributed by atoms with van der Waals surface area (Å²) in [6, 6.07) is 0. The third-order valence-electron chi connectivity index (χ3n) is 5.14. The second-order valence-electron chi connectivity index (χ2n) is 7.79. The molecule has 0 aliphatic heterocycles. The van der Waals surface area contributed by atoms with Crippen LogP contribution in [0.2, 0.25) is 0 Å². The van der Waals surface area contributed by atoms with Gasteiger partial charge in [-0.25, -0.2) is 4.68 Å². The maximum Gasteiger partial charge on any atom is 0.305 e. The average molecular weight is 363 g/mol. The van der Waals surface area contributed by atoms with Crippen molar-refractivity contribution in [1.29, 1.82) is 0 Å². The van der Waals surface area contributed by atoms with Crippen LogP contribution < -0.4 is 5.56 Å². The fourth-order valence-electron chi connectivity index (χ4n) is 3.49. The Balaban J connectivity index is 1.87. The third kappa shape index (κ3) is 3.61. The van der Waals surface area contributed by atoms with Gasteiger partial charge in [0.1, 0.15) is 0 Å². The first kappa shape index (κ1) is 18.0. The summed E-state index contributed by atoms with van der Waals surface area (Å²) >= 11 is 1.61. The molecule has 0 spiro atoms. The lowest BCUT2D eigenvalue weighted by atomic mass is 9.72. The second-order valence-corrected chi connectivity index (χ2v) is 8.87. The van der Waals surface area contributed by atoms with Crippen LogP contribution in [-0.4, -0.2) is 28.1 Å². The molecule has 1 aliphatic rings. The number of carbonyl (C=O) groups excluding carboxylic acids is 1. The quantitative estimate of drug-likeness (QED) is 0.781. The Morgan fingerprint density at radius 3 is 2.84 bits per heavy atom. The number of nitrogens with zero attached hydrogens (tertiary/aromatic N) is 3. The molecular weight excluding hydrogens is 338 g/mol. The van der Waals surface area contributed by atoms with Crippen LogP contribution in [0.3, 0.4) is 0 Å². The fourth-order valence-corrected chi connectivity index (χ4v) is 4.72. The van der Waals surface area contributed by atoms with Gasteiger partial charge in [0.25, 0.3) is 5.56 Å².